The average molecular weight is 347 g/mol. The number of benzene rings is 2. The molecule has 0 saturated carbocycles. The molecule has 1 amide bonds. The number of fused-ring (bicyclic) bond motifs is 1. The van der Waals surface area contributed by atoms with Gasteiger partial charge in [-0.1, -0.05) is 48.9 Å². The van der Waals surface area contributed by atoms with Crippen LogP contribution in [0.15, 0.2) is 53.4 Å². The second kappa shape index (κ2) is 7.28. The highest BCUT2D eigenvalue weighted by atomic mass is 35.5. The van der Waals surface area contributed by atoms with Crippen LogP contribution in [0, 0.1) is 0 Å². The summed E-state index contributed by atoms with van der Waals surface area (Å²) < 4.78 is 0. The Morgan fingerprint density at radius 2 is 2.00 bits per heavy atom. The van der Waals surface area contributed by atoms with Gasteiger partial charge in [-0.05, 0) is 23.8 Å². The lowest BCUT2D eigenvalue weighted by atomic mass is 10.2. The molecule has 5 heteroatoms. The molecule has 0 aliphatic carbocycles. The van der Waals surface area contributed by atoms with Gasteiger partial charge in [-0.25, -0.2) is 0 Å². The van der Waals surface area contributed by atoms with Crippen LogP contribution in [0.1, 0.15) is 12.5 Å². The maximum absolute atomic E-state index is 12.3. The Morgan fingerprint density at radius 3 is 2.83 bits per heavy atom. The molecule has 23 heavy (non-hydrogen) atoms. The average Bonchev–Trinajstić information content (AvgIpc) is 2.54. The Balaban J connectivity index is 1.63. The van der Waals surface area contributed by atoms with Crippen LogP contribution in [0.4, 0.5) is 5.69 Å². The minimum Gasteiger partial charge on any atom is -0.360 e. The minimum absolute atomic E-state index is 0.0128. The Hall–Kier alpha value is -1.65. The normalized spacial score (nSPS) is 16.8. The lowest BCUT2D eigenvalue weighted by Crippen LogP contribution is -2.41. The summed E-state index contributed by atoms with van der Waals surface area (Å²) >= 11 is 7.99. The highest BCUT2D eigenvalue weighted by Crippen LogP contribution is 2.37. The number of nitrogens with one attached hydrogen (secondary N) is 1. The van der Waals surface area contributed by atoms with E-state index in [0.717, 1.165) is 17.8 Å². The SMILES string of the molecule is C[C@H]1CN(CC(=O)NCc2ccccc2Cl)c2ccccc2S1. The number of amides is 1. The molecule has 2 aromatic rings. The Labute approximate surface area is 146 Å². The molecule has 0 radical (unpaired) electrons. The monoisotopic (exact) mass is 346 g/mol. The number of nitrogens with zero attached hydrogens (tertiary/aromatic N) is 1. The molecule has 0 unspecified atom stereocenters. The summed E-state index contributed by atoms with van der Waals surface area (Å²) in [6.45, 7) is 3.89. The third-order valence-corrected chi connectivity index (χ3v) is 5.30. The van der Waals surface area contributed by atoms with Gasteiger partial charge in [0.2, 0.25) is 5.91 Å². The molecule has 0 fully saturated rings. The van der Waals surface area contributed by atoms with E-state index in [2.05, 4.69) is 29.3 Å². The van der Waals surface area contributed by atoms with Crippen LogP contribution in [0.2, 0.25) is 5.02 Å². The first-order valence-corrected chi connectivity index (χ1v) is 8.90. The highest BCUT2D eigenvalue weighted by Gasteiger charge is 2.23. The topological polar surface area (TPSA) is 32.3 Å². The van der Waals surface area contributed by atoms with Gasteiger partial charge in [0, 0.05) is 28.3 Å². The molecule has 0 bridgehead atoms. The van der Waals surface area contributed by atoms with Crippen LogP contribution >= 0.6 is 23.4 Å². The zero-order valence-electron chi connectivity index (χ0n) is 13.0. The van der Waals surface area contributed by atoms with Crippen molar-refractivity contribution in [3.63, 3.8) is 0 Å². The van der Waals surface area contributed by atoms with Gasteiger partial charge in [0.25, 0.3) is 0 Å². The molecule has 3 nitrogen and oxygen atoms in total. The molecule has 1 aliphatic rings. The first kappa shape index (κ1) is 16.2. The number of hydrogen-bond donors (Lipinski definition) is 1. The van der Waals surface area contributed by atoms with Crippen molar-refractivity contribution >= 4 is 35.0 Å². The van der Waals surface area contributed by atoms with E-state index in [1.807, 2.05) is 48.2 Å². The van der Waals surface area contributed by atoms with Crippen molar-refractivity contribution in [3.05, 3.63) is 59.1 Å². The van der Waals surface area contributed by atoms with Crippen molar-refractivity contribution in [2.24, 2.45) is 0 Å². The van der Waals surface area contributed by atoms with Crippen LogP contribution in [-0.2, 0) is 11.3 Å². The number of halogens is 1. The summed E-state index contributed by atoms with van der Waals surface area (Å²) in [4.78, 5) is 15.7. The number of rotatable bonds is 4. The van der Waals surface area contributed by atoms with E-state index in [1.165, 1.54) is 4.90 Å². The fourth-order valence-electron chi connectivity index (χ4n) is 2.70. The van der Waals surface area contributed by atoms with Crippen LogP contribution in [-0.4, -0.2) is 24.2 Å². The van der Waals surface area contributed by atoms with E-state index >= 15 is 0 Å². The third kappa shape index (κ3) is 4.01. The van der Waals surface area contributed by atoms with Crippen molar-refractivity contribution in [1.29, 1.82) is 0 Å². The Morgan fingerprint density at radius 1 is 1.26 bits per heavy atom. The Bertz CT molecular complexity index is 707. The maximum atomic E-state index is 12.3. The summed E-state index contributed by atoms with van der Waals surface area (Å²) in [5.41, 5.74) is 2.08. The molecule has 0 aromatic heterocycles. The third-order valence-electron chi connectivity index (χ3n) is 3.78. The number of hydrogen-bond acceptors (Lipinski definition) is 3. The van der Waals surface area contributed by atoms with Crippen molar-refractivity contribution < 1.29 is 4.79 Å². The number of para-hydroxylation sites is 1. The van der Waals surface area contributed by atoms with E-state index < -0.39 is 0 Å². The second-order valence-electron chi connectivity index (χ2n) is 5.64. The maximum Gasteiger partial charge on any atom is 0.239 e. The zero-order valence-corrected chi connectivity index (χ0v) is 14.5. The van der Waals surface area contributed by atoms with Gasteiger partial charge in [-0.3, -0.25) is 4.79 Å². The summed E-state index contributed by atoms with van der Waals surface area (Å²) in [6, 6.07) is 15.8. The van der Waals surface area contributed by atoms with E-state index in [-0.39, 0.29) is 5.91 Å². The highest BCUT2D eigenvalue weighted by molar-refractivity contribution is 8.00. The van der Waals surface area contributed by atoms with Crippen LogP contribution in [0.3, 0.4) is 0 Å². The van der Waals surface area contributed by atoms with Crippen molar-refractivity contribution in [2.45, 2.75) is 23.6 Å². The lowest BCUT2D eigenvalue weighted by molar-refractivity contribution is -0.119. The fraction of sp³-hybridized carbons (Fsp3) is 0.278. The molecule has 1 atom stereocenters. The number of carbonyl (C=O) groups excluding carboxylic acids is 1. The van der Waals surface area contributed by atoms with Crippen molar-refractivity contribution in [2.75, 3.05) is 18.0 Å². The van der Waals surface area contributed by atoms with Gasteiger partial charge in [0.1, 0.15) is 0 Å². The quantitative estimate of drug-likeness (QED) is 0.909. The van der Waals surface area contributed by atoms with Crippen LogP contribution in [0.25, 0.3) is 0 Å². The molecule has 0 saturated heterocycles. The molecular weight excluding hydrogens is 328 g/mol. The predicted octanol–water partition coefficient (Wildman–Crippen LogP) is 3.96. The lowest BCUT2D eigenvalue weighted by Gasteiger charge is -2.33. The Kier molecular flexibility index (Phi) is 5.13. The van der Waals surface area contributed by atoms with Gasteiger partial charge in [0.05, 0.1) is 12.2 Å². The van der Waals surface area contributed by atoms with E-state index in [0.29, 0.717) is 23.4 Å². The van der Waals surface area contributed by atoms with Gasteiger partial charge in [-0.2, -0.15) is 0 Å². The van der Waals surface area contributed by atoms with E-state index in [9.17, 15) is 4.79 Å². The predicted molar refractivity (Wildman–Crippen MR) is 97.3 cm³/mol. The van der Waals surface area contributed by atoms with Crippen molar-refractivity contribution in [1.82, 2.24) is 5.32 Å². The standard InChI is InChI=1S/C18H19ClN2OS/c1-13-11-21(16-8-4-5-9-17(16)23-13)12-18(22)20-10-14-6-2-3-7-15(14)19/h2-9,13H,10-12H2,1H3,(H,20,22)/t13-/m0/s1. The summed E-state index contributed by atoms with van der Waals surface area (Å²) in [5, 5.41) is 4.12. The molecule has 1 heterocycles. The van der Waals surface area contributed by atoms with Gasteiger partial charge in [0.15, 0.2) is 0 Å². The number of thioether (sulfide) groups is 1. The number of carbonyl (C=O) groups is 1. The molecule has 1 N–H and O–H groups in total. The molecular formula is C18H19ClN2OS. The second-order valence-corrected chi connectivity index (χ2v) is 7.53. The van der Waals surface area contributed by atoms with E-state index in [4.69, 9.17) is 11.6 Å². The molecule has 3 rings (SSSR count). The fourth-order valence-corrected chi connectivity index (χ4v) is 4.06. The first-order chi connectivity index (χ1) is 11.1. The van der Waals surface area contributed by atoms with Gasteiger partial charge < -0.3 is 10.2 Å². The van der Waals surface area contributed by atoms with Crippen LogP contribution in [0.5, 0.6) is 0 Å². The minimum atomic E-state index is 0.0128. The van der Waals surface area contributed by atoms with Crippen LogP contribution < -0.4 is 10.2 Å². The summed E-state index contributed by atoms with van der Waals surface area (Å²) in [5.74, 6) is 0.0128. The first-order valence-electron chi connectivity index (χ1n) is 7.64. The summed E-state index contributed by atoms with van der Waals surface area (Å²) in [7, 11) is 0. The molecule has 120 valence electrons. The molecule has 0 spiro atoms. The zero-order chi connectivity index (χ0) is 16.2. The van der Waals surface area contributed by atoms with E-state index in [1.54, 1.807) is 0 Å². The largest absolute Gasteiger partial charge is 0.360 e. The van der Waals surface area contributed by atoms with Crippen molar-refractivity contribution in [3.8, 4) is 0 Å². The van der Waals surface area contributed by atoms with Gasteiger partial charge in [-0.15, -0.1) is 11.8 Å². The smallest absolute Gasteiger partial charge is 0.239 e. The molecule has 2 aromatic carbocycles. The van der Waals surface area contributed by atoms with Gasteiger partial charge >= 0.3 is 0 Å². The molecule has 1 aliphatic heterocycles. The summed E-state index contributed by atoms with van der Waals surface area (Å²) in [6.07, 6.45) is 0. The number of anilines is 1.